The number of nitrogens with zero attached hydrogens (tertiary/aromatic N) is 2. The van der Waals surface area contributed by atoms with Crippen molar-refractivity contribution in [3.63, 3.8) is 0 Å². The van der Waals surface area contributed by atoms with Crippen LogP contribution in [0.25, 0.3) is 0 Å². The molecule has 1 heterocycles. The van der Waals surface area contributed by atoms with Crippen molar-refractivity contribution >= 4 is 28.5 Å². The Labute approximate surface area is 130 Å². The summed E-state index contributed by atoms with van der Waals surface area (Å²) in [5, 5.41) is 3.40. The molecule has 0 saturated carbocycles. The van der Waals surface area contributed by atoms with Crippen LogP contribution in [0.2, 0.25) is 0 Å². The first-order chi connectivity index (χ1) is 9.45. The van der Waals surface area contributed by atoms with Crippen LogP contribution in [0.1, 0.15) is 24.9 Å². The molecular formula is C14H15F2IN2O. The van der Waals surface area contributed by atoms with Gasteiger partial charge in [-0.3, -0.25) is 9.80 Å². The molecule has 0 aliphatic carbocycles. The molecule has 1 aromatic rings. The molecule has 6 heteroatoms. The van der Waals surface area contributed by atoms with E-state index in [9.17, 15) is 13.6 Å². The van der Waals surface area contributed by atoms with E-state index in [-0.39, 0.29) is 11.9 Å². The highest BCUT2D eigenvalue weighted by Gasteiger charge is 2.31. The van der Waals surface area contributed by atoms with Crippen LogP contribution in [0.4, 0.5) is 8.78 Å². The van der Waals surface area contributed by atoms with E-state index >= 15 is 0 Å². The van der Waals surface area contributed by atoms with Crippen molar-refractivity contribution in [2.45, 2.75) is 19.4 Å². The first-order valence-corrected chi connectivity index (χ1v) is 7.49. The molecule has 1 aliphatic rings. The molecule has 0 bridgehead atoms. The Morgan fingerprint density at radius 2 is 2.05 bits per heavy atom. The second-order valence-corrected chi connectivity index (χ2v) is 5.39. The van der Waals surface area contributed by atoms with Crippen molar-refractivity contribution < 1.29 is 13.6 Å². The Bertz CT molecular complexity index is 562. The van der Waals surface area contributed by atoms with Gasteiger partial charge in [-0.15, -0.1) is 0 Å². The van der Waals surface area contributed by atoms with Gasteiger partial charge in [-0.1, -0.05) is 28.7 Å². The predicted molar refractivity (Wildman–Crippen MR) is 81.0 cm³/mol. The maximum atomic E-state index is 13.3. The topological polar surface area (TPSA) is 23.6 Å². The van der Waals surface area contributed by atoms with Crippen molar-refractivity contribution in [3.05, 3.63) is 45.1 Å². The Balaban J connectivity index is 2.32. The number of rotatable bonds is 2. The van der Waals surface area contributed by atoms with Crippen LogP contribution >= 0.6 is 22.6 Å². The second kappa shape index (κ2) is 6.17. The fraction of sp³-hybridized carbons (Fsp3) is 0.357. The molecule has 20 heavy (non-hydrogen) atoms. The summed E-state index contributed by atoms with van der Waals surface area (Å²) in [6, 6.07) is 3.38. The van der Waals surface area contributed by atoms with E-state index in [0.29, 0.717) is 18.5 Å². The average Bonchev–Trinajstić information content (AvgIpc) is 2.42. The van der Waals surface area contributed by atoms with Crippen molar-refractivity contribution in [3.8, 4) is 0 Å². The van der Waals surface area contributed by atoms with Crippen LogP contribution < -0.4 is 0 Å². The third-order valence-electron chi connectivity index (χ3n) is 3.48. The van der Waals surface area contributed by atoms with E-state index < -0.39 is 11.6 Å². The smallest absolute Gasteiger partial charge is 0.265 e. The third-order valence-corrected chi connectivity index (χ3v) is 4.23. The molecule has 0 radical (unpaired) electrons. The lowest BCUT2D eigenvalue weighted by atomic mass is 10.0. The molecule has 1 atom stereocenters. The van der Waals surface area contributed by atoms with Crippen molar-refractivity contribution in [1.82, 2.24) is 10.0 Å². The Kier molecular flexibility index (Phi) is 4.74. The first kappa shape index (κ1) is 15.4. The largest absolute Gasteiger partial charge is 0.268 e. The van der Waals surface area contributed by atoms with E-state index in [2.05, 4.69) is 0 Å². The highest BCUT2D eigenvalue weighted by atomic mass is 127. The SMILES string of the molecule is CC(c1ccc(F)c(F)c1)N1C(=O)/C(=C/I)CCN1C. The maximum absolute atomic E-state index is 13.3. The summed E-state index contributed by atoms with van der Waals surface area (Å²) >= 11 is 2.05. The van der Waals surface area contributed by atoms with Gasteiger partial charge in [0.1, 0.15) is 0 Å². The number of amides is 1. The van der Waals surface area contributed by atoms with Crippen LogP contribution in [-0.2, 0) is 4.79 Å². The van der Waals surface area contributed by atoms with Gasteiger partial charge in [-0.25, -0.2) is 13.8 Å². The van der Waals surface area contributed by atoms with Gasteiger partial charge in [0.15, 0.2) is 11.6 Å². The standard InChI is InChI=1S/C14H15F2IN2O/c1-9(10-3-4-12(15)13(16)7-10)19-14(20)11(8-17)5-6-18(19)2/h3-4,7-9H,5-6H2,1-2H3/b11-8+. The molecule has 108 valence electrons. The molecule has 1 unspecified atom stereocenters. The highest BCUT2D eigenvalue weighted by Crippen LogP contribution is 2.28. The molecule has 1 saturated heterocycles. The summed E-state index contributed by atoms with van der Waals surface area (Å²) in [6.45, 7) is 2.52. The van der Waals surface area contributed by atoms with Gasteiger partial charge in [0.05, 0.1) is 6.04 Å². The number of carbonyl (C=O) groups is 1. The molecule has 1 aromatic carbocycles. The van der Waals surface area contributed by atoms with Gasteiger partial charge >= 0.3 is 0 Å². The number of hydrogen-bond acceptors (Lipinski definition) is 2. The summed E-state index contributed by atoms with van der Waals surface area (Å²) in [5.74, 6) is -1.87. The van der Waals surface area contributed by atoms with Gasteiger partial charge in [-0.05, 0) is 35.1 Å². The Morgan fingerprint density at radius 3 is 2.65 bits per heavy atom. The molecular weight excluding hydrogens is 377 g/mol. The number of hydrazine groups is 1. The van der Waals surface area contributed by atoms with Crippen LogP contribution in [-0.4, -0.2) is 29.5 Å². The fourth-order valence-electron chi connectivity index (χ4n) is 2.29. The van der Waals surface area contributed by atoms with Crippen molar-refractivity contribution in [2.24, 2.45) is 0 Å². The minimum Gasteiger partial charge on any atom is -0.268 e. The molecule has 1 fully saturated rings. The molecule has 2 rings (SSSR count). The molecule has 0 aromatic heterocycles. The predicted octanol–water partition coefficient (Wildman–Crippen LogP) is 3.42. The molecule has 0 spiro atoms. The summed E-state index contributed by atoms with van der Waals surface area (Å²) in [5.41, 5.74) is 1.30. The van der Waals surface area contributed by atoms with Gasteiger partial charge < -0.3 is 0 Å². The van der Waals surface area contributed by atoms with Gasteiger partial charge in [0.25, 0.3) is 5.91 Å². The normalized spacial score (nSPS) is 20.6. The number of halogens is 3. The van der Waals surface area contributed by atoms with Crippen LogP contribution in [0.3, 0.4) is 0 Å². The van der Waals surface area contributed by atoms with E-state index in [1.54, 1.807) is 16.0 Å². The lowest BCUT2D eigenvalue weighted by Gasteiger charge is -2.41. The van der Waals surface area contributed by atoms with Crippen molar-refractivity contribution in [1.29, 1.82) is 0 Å². The molecule has 1 aliphatic heterocycles. The lowest BCUT2D eigenvalue weighted by Crippen LogP contribution is -2.50. The minimum absolute atomic E-state index is 0.0922. The van der Waals surface area contributed by atoms with Gasteiger partial charge in [-0.2, -0.15) is 0 Å². The van der Waals surface area contributed by atoms with E-state index in [1.807, 2.05) is 34.6 Å². The summed E-state index contributed by atoms with van der Waals surface area (Å²) in [6.07, 6.45) is 0.694. The second-order valence-electron chi connectivity index (χ2n) is 4.76. The third kappa shape index (κ3) is 2.85. The van der Waals surface area contributed by atoms with Gasteiger partial charge in [0.2, 0.25) is 0 Å². The zero-order valence-corrected chi connectivity index (χ0v) is 13.4. The average molecular weight is 392 g/mol. The Morgan fingerprint density at radius 1 is 1.35 bits per heavy atom. The zero-order valence-electron chi connectivity index (χ0n) is 11.2. The van der Waals surface area contributed by atoms with E-state index in [1.165, 1.54) is 6.07 Å². The quantitative estimate of drug-likeness (QED) is 0.569. The highest BCUT2D eigenvalue weighted by molar-refractivity contribution is 14.1. The van der Waals surface area contributed by atoms with Crippen LogP contribution in [0, 0.1) is 11.6 Å². The summed E-state index contributed by atoms with van der Waals surface area (Å²) in [7, 11) is 1.82. The fourth-order valence-corrected chi connectivity index (χ4v) is 2.86. The number of hydrogen-bond donors (Lipinski definition) is 0. The lowest BCUT2D eigenvalue weighted by molar-refractivity contribution is -0.151. The molecule has 3 nitrogen and oxygen atoms in total. The molecule has 0 N–H and O–H groups in total. The summed E-state index contributed by atoms with van der Waals surface area (Å²) < 4.78 is 28.1. The monoisotopic (exact) mass is 392 g/mol. The maximum Gasteiger partial charge on any atom is 0.265 e. The van der Waals surface area contributed by atoms with E-state index in [4.69, 9.17) is 0 Å². The van der Waals surface area contributed by atoms with Crippen molar-refractivity contribution in [2.75, 3.05) is 13.6 Å². The number of benzene rings is 1. The van der Waals surface area contributed by atoms with Crippen LogP contribution in [0.15, 0.2) is 27.9 Å². The first-order valence-electron chi connectivity index (χ1n) is 6.24. The van der Waals surface area contributed by atoms with E-state index in [0.717, 1.165) is 17.7 Å². The van der Waals surface area contributed by atoms with Crippen LogP contribution in [0.5, 0.6) is 0 Å². The van der Waals surface area contributed by atoms with Gasteiger partial charge in [0, 0.05) is 19.2 Å². The minimum atomic E-state index is -0.897. The zero-order chi connectivity index (χ0) is 14.9. The summed E-state index contributed by atoms with van der Waals surface area (Å²) in [4.78, 5) is 12.4. The molecule has 1 amide bonds. The number of carbonyl (C=O) groups excluding carboxylic acids is 1. The Hall–Kier alpha value is -1.02.